The van der Waals surface area contributed by atoms with E-state index in [9.17, 15) is 4.79 Å². The molecule has 4 heteroatoms. The standard InChI is InChI=1S/C11H13NO3/c1-15-8-9-4-2-3-5-10(9)12-7-6-11(13)14/h2-7,12H,8H2,1H3,(H,13,14)/b7-6+. The summed E-state index contributed by atoms with van der Waals surface area (Å²) in [7, 11) is 1.61. The number of carboxylic acid groups (broad SMARTS) is 1. The lowest BCUT2D eigenvalue weighted by Crippen LogP contribution is -1.97. The highest BCUT2D eigenvalue weighted by molar-refractivity contribution is 5.80. The van der Waals surface area contributed by atoms with E-state index in [0.717, 1.165) is 17.3 Å². The lowest BCUT2D eigenvalue weighted by atomic mass is 10.2. The van der Waals surface area contributed by atoms with Crippen molar-refractivity contribution in [1.82, 2.24) is 0 Å². The molecular weight excluding hydrogens is 194 g/mol. The summed E-state index contributed by atoms with van der Waals surface area (Å²) >= 11 is 0. The number of benzene rings is 1. The molecule has 0 aromatic heterocycles. The molecule has 1 aromatic carbocycles. The van der Waals surface area contributed by atoms with Crippen molar-refractivity contribution in [3.63, 3.8) is 0 Å². The number of methoxy groups -OCH3 is 1. The van der Waals surface area contributed by atoms with Gasteiger partial charge in [0, 0.05) is 30.6 Å². The number of rotatable bonds is 5. The molecule has 0 saturated carbocycles. The maximum absolute atomic E-state index is 10.2. The third-order valence-corrected chi connectivity index (χ3v) is 1.78. The monoisotopic (exact) mass is 207 g/mol. The minimum atomic E-state index is -0.980. The number of aliphatic carboxylic acids is 1. The number of ether oxygens (including phenoxy) is 1. The van der Waals surface area contributed by atoms with Gasteiger partial charge in [-0.15, -0.1) is 0 Å². The summed E-state index contributed by atoms with van der Waals surface area (Å²) in [6.07, 6.45) is 2.43. The number of hydrogen-bond donors (Lipinski definition) is 2. The molecule has 80 valence electrons. The van der Waals surface area contributed by atoms with E-state index in [-0.39, 0.29) is 0 Å². The lowest BCUT2D eigenvalue weighted by Gasteiger charge is -2.07. The average Bonchev–Trinajstić information content (AvgIpc) is 2.20. The Kier molecular flexibility index (Phi) is 4.37. The number of carboxylic acids is 1. The Labute approximate surface area is 88.2 Å². The number of para-hydroxylation sites is 1. The molecule has 0 aliphatic carbocycles. The molecule has 15 heavy (non-hydrogen) atoms. The van der Waals surface area contributed by atoms with E-state index in [1.165, 1.54) is 6.20 Å². The second-order valence-corrected chi connectivity index (χ2v) is 2.91. The molecule has 2 N–H and O–H groups in total. The van der Waals surface area contributed by atoms with Gasteiger partial charge in [-0.05, 0) is 6.07 Å². The fraction of sp³-hybridized carbons (Fsp3) is 0.182. The first-order chi connectivity index (χ1) is 7.24. The Balaban J connectivity index is 2.70. The van der Waals surface area contributed by atoms with Gasteiger partial charge in [-0.1, -0.05) is 18.2 Å². The second kappa shape index (κ2) is 5.82. The molecule has 0 unspecified atom stereocenters. The summed E-state index contributed by atoms with van der Waals surface area (Å²) in [6.45, 7) is 0.490. The maximum atomic E-state index is 10.2. The van der Waals surface area contributed by atoms with Crippen molar-refractivity contribution in [2.45, 2.75) is 6.61 Å². The molecule has 0 radical (unpaired) electrons. The third-order valence-electron chi connectivity index (χ3n) is 1.78. The van der Waals surface area contributed by atoms with Crippen LogP contribution in [0.3, 0.4) is 0 Å². The highest BCUT2D eigenvalue weighted by Gasteiger charge is 1.98. The van der Waals surface area contributed by atoms with Crippen molar-refractivity contribution in [1.29, 1.82) is 0 Å². The summed E-state index contributed by atoms with van der Waals surface area (Å²) in [6, 6.07) is 7.55. The van der Waals surface area contributed by atoms with Gasteiger partial charge in [0.2, 0.25) is 0 Å². The van der Waals surface area contributed by atoms with E-state index in [2.05, 4.69) is 5.32 Å². The van der Waals surface area contributed by atoms with Gasteiger partial charge in [0.25, 0.3) is 0 Å². The molecule has 0 atom stereocenters. The molecule has 0 saturated heterocycles. The van der Waals surface area contributed by atoms with Gasteiger partial charge in [0.1, 0.15) is 0 Å². The SMILES string of the molecule is COCc1ccccc1N/C=C/C(=O)O. The van der Waals surface area contributed by atoms with Gasteiger partial charge >= 0.3 is 5.97 Å². The molecular formula is C11H13NO3. The highest BCUT2D eigenvalue weighted by atomic mass is 16.5. The van der Waals surface area contributed by atoms with Crippen molar-refractivity contribution in [3.8, 4) is 0 Å². The van der Waals surface area contributed by atoms with E-state index < -0.39 is 5.97 Å². The van der Waals surface area contributed by atoms with Crippen molar-refractivity contribution in [3.05, 3.63) is 42.1 Å². The zero-order valence-corrected chi connectivity index (χ0v) is 8.43. The summed E-state index contributed by atoms with van der Waals surface area (Å²) in [5.41, 5.74) is 1.83. The minimum Gasteiger partial charge on any atom is -0.478 e. The molecule has 4 nitrogen and oxygen atoms in total. The smallest absolute Gasteiger partial charge is 0.329 e. The van der Waals surface area contributed by atoms with Crippen LogP contribution >= 0.6 is 0 Å². The quantitative estimate of drug-likeness (QED) is 0.723. The minimum absolute atomic E-state index is 0.490. The molecule has 0 bridgehead atoms. The van der Waals surface area contributed by atoms with Gasteiger partial charge < -0.3 is 15.2 Å². The molecule has 0 aliphatic rings. The Hall–Kier alpha value is -1.81. The number of hydrogen-bond acceptors (Lipinski definition) is 3. The van der Waals surface area contributed by atoms with Crippen molar-refractivity contribution < 1.29 is 14.6 Å². The van der Waals surface area contributed by atoms with Crippen LogP contribution in [0.1, 0.15) is 5.56 Å². The van der Waals surface area contributed by atoms with E-state index in [0.29, 0.717) is 6.61 Å². The molecule has 0 heterocycles. The van der Waals surface area contributed by atoms with Crippen LogP contribution in [-0.4, -0.2) is 18.2 Å². The second-order valence-electron chi connectivity index (χ2n) is 2.91. The normalized spacial score (nSPS) is 10.5. The first kappa shape index (κ1) is 11.3. The molecule has 0 spiro atoms. The number of carbonyl (C=O) groups is 1. The van der Waals surface area contributed by atoms with Crippen LogP contribution in [0.4, 0.5) is 5.69 Å². The molecule has 0 amide bonds. The first-order valence-corrected chi connectivity index (χ1v) is 4.47. The summed E-state index contributed by atoms with van der Waals surface area (Å²) in [5.74, 6) is -0.980. The van der Waals surface area contributed by atoms with Gasteiger partial charge in [-0.3, -0.25) is 0 Å². The fourth-order valence-electron chi connectivity index (χ4n) is 1.15. The topological polar surface area (TPSA) is 58.6 Å². The predicted molar refractivity (Wildman–Crippen MR) is 57.6 cm³/mol. The summed E-state index contributed by atoms with van der Waals surface area (Å²) < 4.78 is 5.02. The summed E-state index contributed by atoms with van der Waals surface area (Å²) in [4.78, 5) is 10.2. The van der Waals surface area contributed by atoms with Crippen LogP contribution in [-0.2, 0) is 16.1 Å². The zero-order chi connectivity index (χ0) is 11.1. The van der Waals surface area contributed by atoms with Crippen LogP contribution in [0.2, 0.25) is 0 Å². The molecule has 1 rings (SSSR count). The van der Waals surface area contributed by atoms with E-state index in [4.69, 9.17) is 9.84 Å². The molecule has 1 aromatic rings. The van der Waals surface area contributed by atoms with Crippen LogP contribution in [0.15, 0.2) is 36.5 Å². The Morgan fingerprint density at radius 2 is 2.27 bits per heavy atom. The third kappa shape index (κ3) is 3.83. The van der Waals surface area contributed by atoms with Gasteiger partial charge in [0.15, 0.2) is 0 Å². The Bertz CT molecular complexity index is 361. The predicted octanol–water partition coefficient (Wildman–Crippen LogP) is 1.84. The van der Waals surface area contributed by atoms with E-state index in [1.807, 2.05) is 24.3 Å². The van der Waals surface area contributed by atoms with Crippen molar-refractivity contribution >= 4 is 11.7 Å². The lowest BCUT2D eigenvalue weighted by molar-refractivity contribution is -0.131. The van der Waals surface area contributed by atoms with E-state index >= 15 is 0 Å². The van der Waals surface area contributed by atoms with Crippen LogP contribution in [0.5, 0.6) is 0 Å². The summed E-state index contributed by atoms with van der Waals surface area (Å²) in [5, 5.41) is 11.3. The number of nitrogens with one attached hydrogen (secondary N) is 1. The maximum Gasteiger partial charge on any atom is 0.329 e. The van der Waals surface area contributed by atoms with Crippen LogP contribution < -0.4 is 5.32 Å². The van der Waals surface area contributed by atoms with E-state index in [1.54, 1.807) is 7.11 Å². The Morgan fingerprint density at radius 1 is 1.53 bits per heavy atom. The highest BCUT2D eigenvalue weighted by Crippen LogP contribution is 2.15. The van der Waals surface area contributed by atoms with Crippen molar-refractivity contribution in [2.24, 2.45) is 0 Å². The van der Waals surface area contributed by atoms with Gasteiger partial charge in [-0.2, -0.15) is 0 Å². The largest absolute Gasteiger partial charge is 0.478 e. The van der Waals surface area contributed by atoms with Gasteiger partial charge in [0.05, 0.1) is 6.61 Å². The Morgan fingerprint density at radius 3 is 2.93 bits per heavy atom. The molecule has 0 aliphatic heterocycles. The van der Waals surface area contributed by atoms with Crippen molar-refractivity contribution in [2.75, 3.05) is 12.4 Å². The van der Waals surface area contributed by atoms with Crippen LogP contribution in [0.25, 0.3) is 0 Å². The fourth-order valence-corrected chi connectivity index (χ4v) is 1.15. The molecule has 0 fully saturated rings. The zero-order valence-electron chi connectivity index (χ0n) is 8.43. The number of anilines is 1. The van der Waals surface area contributed by atoms with Crippen LogP contribution in [0, 0.1) is 0 Å². The van der Waals surface area contributed by atoms with Gasteiger partial charge in [-0.25, -0.2) is 4.79 Å². The average molecular weight is 207 g/mol. The first-order valence-electron chi connectivity index (χ1n) is 4.47.